The van der Waals surface area contributed by atoms with E-state index in [4.69, 9.17) is 9.47 Å². The Hall–Kier alpha value is -3.24. The lowest BCUT2D eigenvalue weighted by Crippen LogP contribution is -2.17. The Morgan fingerprint density at radius 2 is 1.13 bits per heavy atom. The van der Waals surface area contributed by atoms with Gasteiger partial charge in [0.2, 0.25) is 0 Å². The van der Waals surface area contributed by atoms with Crippen LogP contribution in [0, 0.1) is 6.92 Å². The van der Waals surface area contributed by atoms with Crippen LogP contribution in [-0.2, 0) is 20.0 Å². The van der Waals surface area contributed by atoms with Crippen molar-refractivity contribution in [3.63, 3.8) is 0 Å². The van der Waals surface area contributed by atoms with E-state index < -0.39 is 20.0 Å². The second kappa shape index (κ2) is 8.12. The zero-order chi connectivity index (χ0) is 22.1. The normalized spacial score (nSPS) is 13.5. The molecule has 0 spiro atoms. The summed E-state index contributed by atoms with van der Waals surface area (Å²) in [4.78, 5) is 0.0184. The van der Waals surface area contributed by atoms with Crippen LogP contribution in [0.3, 0.4) is 0 Å². The number of hydrogen-bond acceptors (Lipinski definition) is 6. The Morgan fingerprint density at radius 1 is 0.645 bits per heavy atom. The highest BCUT2D eigenvalue weighted by Gasteiger charge is 2.20. The summed E-state index contributed by atoms with van der Waals surface area (Å²) in [5.74, 6) is 0.846. The zero-order valence-electron chi connectivity index (χ0n) is 16.5. The maximum Gasteiger partial charge on any atom is 0.262 e. The maximum absolute atomic E-state index is 12.7. The van der Waals surface area contributed by atoms with Gasteiger partial charge in [0.05, 0.1) is 9.79 Å². The highest BCUT2D eigenvalue weighted by Crippen LogP contribution is 2.32. The average molecular weight is 461 g/mol. The van der Waals surface area contributed by atoms with Gasteiger partial charge in [-0.25, -0.2) is 16.8 Å². The Morgan fingerprint density at radius 3 is 1.74 bits per heavy atom. The molecule has 0 atom stereocenters. The molecular formula is C21H20N2O6S2. The summed E-state index contributed by atoms with van der Waals surface area (Å²) in [6.07, 6.45) is 0. The predicted octanol–water partition coefficient (Wildman–Crippen LogP) is 3.37. The van der Waals surface area contributed by atoms with E-state index in [-0.39, 0.29) is 15.5 Å². The summed E-state index contributed by atoms with van der Waals surface area (Å²) in [5, 5.41) is 0. The number of aryl methyl sites for hydroxylation is 1. The van der Waals surface area contributed by atoms with Crippen molar-refractivity contribution in [2.24, 2.45) is 0 Å². The fourth-order valence-electron chi connectivity index (χ4n) is 2.94. The van der Waals surface area contributed by atoms with Crippen LogP contribution in [-0.4, -0.2) is 30.0 Å². The van der Waals surface area contributed by atoms with E-state index in [0.29, 0.717) is 30.4 Å². The Bertz CT molecular complexity index is 1300. The fraction of sp³-hybridized carbons (Fsp3) is 0.143. The third kappa shape index (κ3) is 4.75. The van der Waals surface area contributed by atoms with Crippen molar-refractivity contribution in [2.45, 2.75) is 16.7 Å². The molecule has 3 aromatic rings. The zero-order valence-corrected chi connectivity index (χ0v) is 18.2. The van der Waals surface area contributed by atoms with E-state index in [1.807, 2.05) is 6.92 Å². The van der Waals surface area contributed by atoms with Crippen LogP contribution >= 0.6 is 0 Å². The molecule has 0 radical (unpaired) electrons. The number of fused-ring (bicyclic) bond motifs is 1. The van der Waals surface area contributed by atoms with Gasteiger partial charge in [0.25, 0.3) is 20.0 Å². The first-order valence-electron chi connectivity index (χ1n) is 9.35. The summed E-state index contributed by atoms with van der Waals surface area (Å²) in [6.45, 7) is 2.66. The number of anilines is 2. The average Bonchev–Trinajstić information content (AvgIpc) is 2.75. The van der Waals surface area contributed by atoms with Crippen molar-refractivity contribution in [2.75, 3.05) is 22.7 Å². The molecule has 0 fully saturated rings. The largest absolute Gasteiger partial charge is 0.486 e. The summed E-state index contributed by atoms with van der Waals surface area (Å²) in [6, 6.07) is 16.7. The molecule has 31 heavy (non-hydrogen) atoms. The number of sulfonamides is 2. The van der Waals surface area contributed by atoms with Crippen LogP contribution in [0.2, 0.25) is 0 Å². The summed E-state index contributed by atoms with van der Waals surface area (Å²) in [7, 11) is -7.71. The van der Waals surface area contributed by atoms with Crippen molar-refractivity contribution < 1.29 is 26.3 Å². The molecule has 0 saturated carbocycles. The maximum atomic E-state index is 12.7. The van der Waals surface area contributed by atoms with Crippen molar-refractivity contribution in [1.82, 2.24) is 0 Å². The molecular weight excluding hydrogens is 440 g/mol. The van der Waals surface area contributed by atoms with Crippen molar-refractivity contribution in [3.05, 3.63) is 72.3 Å². The SMILES string of the molecule is Cc1ccc(NS(=O)(=O)c2ccc(NS(=O)(=O)c3ccc4c(c3)OCCO4)cc2)cc1. The summed E-state index contributed by atoms with van der Waals surface area (Å²) in [5.41, 5.74) is 1.68. The standard InChI is InChI=1S/C21H20N2O6S2/c1-15-2-4-16(5-3-15)22-30(24,25)18-8-6-17(7-9-18)23-31(26,27)19-10-11-20-21(14-19)29-13-12-28-20/h2-11,14,22-23H,12-13H2,1H3. The van der Waals surface area contributed by atoms with E-state index in [2.05, 4.69) is 9.44 Å². The second-order valence-corrected chi connectivity index (χ2v) is 10.3. The molecule has 0 bridgehead atoms. The van der Waals surface area contributed by atoms with Crippen molar-refractivity contribution >= 4 is 31.4 Å². The smallest absolute Gasteiger partial charge is 0.262 e. The number of ether oxygens (including phenoxy) is 2. The molecule has 2 N–H and O–H groups in total. The number of rotatable bonds is 6. The van der Waals surface area contributed by atoms with Crippen LogP contribution in [0.25, 0.3) is 0 Å². The first-order valence-corrected chi connectivity index (χ1v) is 12.3. The molecule has 0 aliphatic carbocycles. The molecule has 8 nitrogen and oxygen atoms in total. The van der Waals surface area contributed by atoms with E-state index in [1.54, 1.807) is 24.3 Å². The first kappa shape index (κ1) is 21.0. The van der Waals surface area contributed by atoms with Gasteiger partial charge in [-0.15, -0.1) is 0 Å². The van der Waals surface area contributed by atoms with Gasteiger partial charge < -0.3 is 9.47 Å². The van der Waals surface area contributed by atoms with Gasteiger partial charge in [0.1, 0.15) is 13.2 Å². The van der Waals surface area contributed by atoms with Gasteiger partial charge in [-0.05, 0) is 55.5 Å². The van der Waals surface area contributed by atoms with Gasteiger partial charge in [-0.3, -0.25) is 9.44 Å². The summed E-state index contributed by atoms with van der Waals surface area (Å²) < 4.78 is 66.3. The lowest BCUT2D eigenvalue weighted by molar-refractivity contribution is 0.171. The Kier molecular flexibility index (Phi) is 5.50. The van der Waals surface area contributed by atoms with Gasteiger partial charge in [0, 0.05) is 17.4 Å². The van der Waals surface area contributed by atoms with Crippen molar-refractivity contribution in [3.8, 4) is 11.5 Å². The van der Waals surface area contributed by atoms with E-state index in [0.717, 1.165) is 5.56 Å². The monoisotopic (exact) mass is 460 g/mol. The van der Waals surface area contributed by atoms with E-state index in [1.165, 1.54) is 42.5 Å². The quantitative estimate of drug-likeness (QED) is 0.584. The van der Waals surface area contributed by atoms with Crippen LogP contribution in [0.1, 0.15) is 5.56 Å². The van der Waals surface area contributed by atoms with E-state index in [9.17, 15) is 16.8 Å². The fourth-order valence-corrected chi connectivity index (χ4v) is 5.07. The Labute approximate surface area is 180 Å². The van der Waals surface area contributed by atoms with Crippen LogP contribution in [0.5, 0.6) is 11.5 Å². The van der Waals surface area contributed by atoms with E-state index >= 15 is 0 Å². The number of benzene rings is 3. The molecule has 0 saturated heterocycles. The summed E-state index contributed by atoms with van der Waals surface area (Å²) >= 11 is 0. The molecule has 0 aromatic heterocycles. The highest BCUT2D eigenvalue weighted by molar-refractivity contribution is 7.93. The molecule has 3 aromatic carbocycles. The predicted molar refractivity (Wildman–Crippen MR) is 117 cm³/mol. The van der Waals surface area contributed by atoms with Crippen molar-refractivity contribution in [1.29, 1.82) is 0 Å². The lowest BCUT2D eigenvalue weighted by Gasteiger charge is -2.19. The topological polar surface area (TPSA) is 111 Å². The lowest BCUT2D eigenvalue weighted by atomic mass is 10.2. The van der Waals surface area contributed by atoms with Gasteiger partial charge >= 0.3 is 0 Å². The molecule has 0 unspecified atom stereocenters. The van der Waals surface area contributed by atoms with Crippen LogP contribution in [0.4, 0.5) is 11.4 Å². The van der Waals surface area contributed by atoms with Gasteiger partial charge in [0.15, 0.2) is 11.5 Å². The molecule has 1 aliphatic heterocycles. The first-order chi connectivity index (χ1) is 14.7. The molecule has 162 valence electrons. The Balaban J connectivity index is 1.50. The van der Waals surface area contributed by atoms with Gasteiger partial charge in [-0.2, -0.15) is 0 Å². The van der Waals surface area contributed by atoms with Crippen LogP contribution in [0.15, 0.2) is 76.5 Å². The molecule has 0 amide bonds. The third-order valence-corrected chi connectivity index (χ3v) is 7.32. The number of hydrogen-bond donors (Lipinski definition) is 2. The third-order valence-electron chi connectivity index (χ3n) is 4.54. The highest BCUT2D eigenvalue weighted by atomic mass is 32.2. The minimum absolute atomic E-state index is 0.00878. The molecule has 1 aliphatic rings. The minimum Gasteiger partial charge on any atom is -0.486 e. The van der Waals surface area contributed by atoms with Crippen LogP contribution < -0.4 is 18.9 Å². The molecule has 1 heterocycles. The minimum atomic E-state index is -3.90. The molecule has 4 rings (SSSR count). The molecule has 10 heteroatoms. The second-order valence-electron chi connectivity index (χ2n) is 6.91. The van der Waals surface area contributed by atoms with Gasteiger partial charge in [-0.1, -0.05) is 17.7 Å². The number of nitrogens with one attached hydrogen (secondary N) is 2.